The Morgan fingerprint density at radius 3 is 1.70 bits per heavy atom. The van der Waals surface area contributed by atoms with E-state index < -0.39 is 0 Å². The summed E-state index contributed by atoms with van der Waals surface area (Å²) in [5, 5.41) is 7.58. The molecule has 0 N–H and O–H groups in total. The van der Waals surface area contributed by atoms with Crippen LogP contribution in [0.1, 0.15) is 0 Å². The van der Waals surface area contributed by atoms with Gasteiger partial charge in [0.15, 0.2) is 0 Å². The average molecular weight is 795 g/mol. The van der Waals surface area contributed by atoms with Gasteiger partial charge >= 0.3 is 0 Å². The Hall–Kier alpha value is -7.72. The molecule has 0 amide bonds. The minimum absolute atomic E-state index is 1.10. The van der Waals surface area contributed by atoms with E-state index in [4.69, 9.17) is 0 Å². The Morgan fingerprint density at radius 1 is 0.328 bits per heavy atom. The topological polar surface area (TPSA) is 8.17 Å². The van der Waals surface area contributed by atoms with Crippen molar-refractivity contribution in [1.29, 1.82) is 0 Å². The minimum atomic E-state index is 1.10. The Balaban J connectivity index is 1.02. The monoisotopic (exact) mass is 794 g/mol. The zero-order valence-corrected chi connectivity index (χ0v) is 34.1. The standard InChI is InChI=1S/C58H38N2S/c1-4-14-40(15-5-1)48-34-30-46(37-53(48)41-16-6-2-7-17-41)59(47-31-35-57-54(38-47)51-22-12-13-23-56(51)61-57)45-28-24-39(25-29-45)43-27-32-50-52-33-26-42-18-10-11-21-49(42)58(52)60(55(50)36-43)44-19-8-3-9-20-44/h1-38H. The Labute approximate surface area is 358 Å². The van der Waals surface area contributed by atoms with Crippen LogP contribution < -0.4 is 4.90 Å². The second kappa shape index (κ2) is 14.5. The van der Waals surface area contributed by atoms with Crippen molar-refractivity contribution in [2.45, 2.75) is 0 Å². The highest BCUT2D eigenvalue weighted by molar-refractivity contribution is 7.25. The summed E-state index contributed by atoms with van der Waals surface area (Å²) in [6.07, 6.45) is 0. The van der Waals surface area contributed by atoms with Gasteiger partial charge in [0, 0.05) is 59.1 Å². The maximum atomic E-state index is 2.44. The lowest BCUT2D eigenvalue weighted by Gasteiger charge is -2.27. The molecule has 0 fully saturated rings. The van der Waals surface area contributed by atoms with Gasteiger partial charge in [-0.05, 0) is 105 Å². The number of para-hydroxylation sites is 1. The van der Waals surface area contributed by atoms with Crippen molar-refractivity contribution in [3.8, 4) is 39.1 Å². The van der Waals surface area contributed by atoms with Crippen molar-refractivity contribution in [3.63, 3.8) is 0 Å². The summed E-state index contributed by atoms with van der Waals surface area (Å²) in [5.74, 6) is 0. The summed E-state index contributed by atoms with van der Waals surface area (Å²) < 4.78 is 5.04. The summed E-state index contributed by atoms with van der Waals surface area (Å²) in [6.45, 7) is 0. The second-order valence-corrected chi connectivity index (χ2v) is 16.8. The summed E-state index contributed by atoms with van der Waals surface area (Å²) in [5.41, 5.74) is 14.1. The summed E-state index contributed by atoms with van der Waals surface area (Å²) >= 11 is 1.85. The number of hydrogen-bond donors (Lipinski definition) is 0. The molecule has 2 aromatic heterocycles. The van der Waals surface area contributed by atoms with Crippen LogP contribution in [-0.2, 0) is 0 Å². The molecule has 286 valence electrons. The first-order valence-electron chi connectivity index (χ1n) is 20.8. The number of fused-ring (bicyclic) bond motifs is 8. The number of aromatic nitrogens is 1. The van der Waals surface area contributed by atoms with Crippen LogP contribution in [0.4, 0.5) is 17.1 Å². The lowest BCUT2D eigenvalue weighted by molar-refractivity contribution is 1.19. The van der Waals surface area contributed by atoms with Crippen LogP contribution in [0.25, 0.3) is 91.8 Å². The number of anilines is 3. The van der Waals surface area contributed by atoms with Crippen LogP contribution >= 0.6 is 11.3 Å². The van der Waals surface area contributed by atoms with Gasteiger partial charge in [0.2, 0.25) is 0 Å². The lowest BCUT2D eigenvalue weighted by atomic mass is 9.93. The van der Waals surface area contributed by atoms with Crippen LogP contribution in [0.5, 0.6) is 0 Å². The van der Waals surface area contributed by atoms with Gasteiger partial charge in [0.1, 0.15) is 0 Å². The molecule has 0 saturated heterocycles. The van der Waals surface area contributed by atoms with Crippen LogP contribution in [0.2, 0.25) is 0 Å². The number of hydrogen-bond acceptors (Lipinski definition) is 2. The summed E-state index contributed by atoms with van der Waals surface area (Å²) in [6, 6.07) is 84.2. The SMILES string of the molecule is c1ccc(-c2ccc(N(c3ccc(-c4ccc5c6ccc7ccccc7c6n(-c6ccccc6)c5c4)cc3)c3ccc4sc5ccccc5c4c3)cc2-c2ccccc2)cc1. The number of nitrogens with zero attached hydrogens (tertiary/aromatic N) is 2. The fourth-order valence-corrected chi connectivity index (χ4v) is 10.4. The Kier molecular flexibility index (Phi) is 8.39. The fourth-order valence-electron chi connectivity index (χ4n) is 9.30. The van der Waals surface area contributed by atoms with Gasteiger partial charge in [-0.2, -0.15) is 0 Å². The van der Waals surface area contributed by atoms with Gasteiger partial charge in [0.05, 0.1) is 11.0 Å². The molecular weight excluding hydrogens is 757 g/mol. The summed E-state index contributed by atoms with van der Waals surface area (Å²) in [4.78, 5) is 2.42. The molecule has 10 aromatic carbocycles. The Morgan fingerprint density at radius 2 is 0.918 bits per heavy atom. The third-order valence-electron chi connectivity index (χ3n) is 12.2. The van der Waals surface area contributed by atoms with Crippen molar-refractivity contribution in [2.75, 3.05) is 4.90 Å². The van der Waals surface area contributed by atoms with E-state index in [0.717, 1.165) is 22.7 Å². The minimum Gasteiger partial charge on any atom is -0.310 e. The molecule has 0 atom stereocenters. The molecule has 0 aliphatic heterocycles. The molecule has 2 nitrogen and oxygen atoms in total. The molecule has 0 radical (unpaired) electrons. The molecule has 3 heteroatoms. The highest BCUT2D eigenvalue weighted by Gasteiger charge is 2.20. The lowest BCUT2D eigenvalue weighted by Crippen LogP contribution is -2.10. The average Bonchev–Trinajstić information content (AvgIpc) is 3.88. The molecule has 0 bridgehead atoms. The third kappa shape index (κ3) is 6.01. The molecule has 12 rings (SSSR count). The molecule has 12 aromatic rings. The van der Waals surface area contributed by atoms with Crippen molar-refractivity contribution >= 4 is 81.1 Å². The van der Waals surface area contributed by atoms with E-state index in [-0.39, 0.29) is 0 Å². The molecular formula is C58H38N2S. The van der Waals surface area contributed by atoms with E-state index in [1.165, 1.54) is 86.1 Å². The quantitative estimate of drug-likeness (QED) is 0.156. The van der Waals surface area contributed by atoms with Gasteiger partial charge in [-0.15, -0.1) is 11.3 Å². The van der Waals surface area contributed by atoms with E-state index in [0.29, 0.717) is 0 Å². The Bertz CT molecular complexity index is 3570. The fraction of sp³-hybridized carbons (Fsp3) is 0. The predicted molar refractivity (Wildman–Crippen MR) is 262 cm³/mol. The molecule has 0 saturated carbocycles. The first-order valence-corrected chi connectivity index (χ1v) is 21.6. The van der Waals surface area contributed by atoms with Gasteiger partial charge in [-0.1, -0.05) is 164 Å². The van der Waals surface area contributed by atoms with Crippen molar-refractivity contribution in [1.82, 2.24) is 4.57 Å². The van der Waals surface area contributed by atoms with Crippen molar-refractivity contribution in [2.24, 2.45) is 0 Å². The first-order chi connectivity index (χ1) is 30.2. The third-order valence-corrected chi connectivity index (χ3v) is 13.3. The smallest absolute Gasteiger partial charge is 0.0619 e. The molecule has 0 aliphatic rings. The van der Waals surface area contributed by atoms with Crippen LogP contribution in [0.3, 0.4) is 0 Å². The normalized spacial score (nSPS) is 11.6. The maximum absolute atomic E-state index is 2.44. The van der Waals surface area contributed by atoms with Gasteiger partial charge in [-0.25, -0.2) is 0 Å². The van der Waals surface area contributed by atoms with E-state index in [9.17, 15) is 0 Å². The maximum Gasteiger partial charge on any atom is 0.0619 e. The number of thiophene rings is 1. The largest absolute Gasteiger partial charge is 0.310 e. The van der Waals surface area contributed by atoms with E-state index in [1.807, 2.05) is 11.3 Å². The van der Waals surface area contributed by atoms with Crippen molar-refractivity contribution in [3.05, 3.63) is 231 Å². The highest BCUT2D eigenvalue weighted by atomic mass is 32.1. The number of rotatable bonds is 7. The zero-order chi connectivity index (χ0) is 40.3. The van der Waals surface area contributed by atoms with Crippen LogP contribution in [0, 0.1) is 0 Å². The van der Waals surface area contributed by atoms with E-state index in [2.05, 4.69) is 240 Å². The van der Waals surface area contributed by atoms with Crippen LogP contribution in [0.15, 0.2) is 231 Å². The van der Waals surface area contributed by atoms with E-state index >= 15 is 0 Å². The van der Waals surface area contributed by atoms with E-state index in [1.54, 1.807) is 0 Å². The van der Waals surface area contributed by atoms with Gasteiger partial charge in [-0.3, -0.25) is 0 Å². The zero-order valence-electron chi connectivity index (χ0n) is 33.2. The molecule has 0 spiro atoms. The summed E-state index contributed by atoms with van der Waals surface area (Å²) in [7, 11) is 0. The number of benzene rings is 10. The molecule has 0 aliphatic carbocycles. The molecule has 61 heavy (non-hydrogen) atoms. The van der Waals surface area contributed by atoms with Gasteiger partial charge in [0.25, 0.3) is 0 Å². The van der Waals surface area contributed by atoms with Crippen LogP contribution in [-0.4, -0.2) is 4.57 Å². The molecule has 0 unspecified atom stereocenters. The molecule has 2 heterocycles. The van der Waals surface area contributed by atoms with Crippen molar-refractivity contribution < 1.29 is 0 Å². The predicted octanol–water partition coefficient (Wildman–Crippen LogP) is 16.8. The second-order valence-electron chi connectivity index (χ2n) is 15.7. The first kappa shape index (κ1) is 35.2. The van der Waals surface area contributed by atoms with Gasteiger partial charge < -0.3 is 9.47 Å². The highest BCUT2D eigenvalue weighted by Crippen LogP contribution is 2.44.